The summed E-state index contributed by atoms with van der Waals surface area (Å²) in [4.78, 5) is 5.12. The van der Waals surface area contributed by atoms with Gasteiger partial charge in [0, 0.05) is 43.1 Å². The summed E-state index contributed by atoms with van der Waals surface area (Å²) in [5.41, 5.74) is 3.83. The highest BCUT2D eigenvalue weighted by atomic mass is 32.2. The number of hydrogen-bond acceptors (Lipinski definition) is 6. The molecule has 1 aliphatic rings. The molecule has 3 aromatic carbocycles. The van der Waals surface area contributed by atoms with Gasteiger partial charge in [0.25, 0.3) is 10.0 Å². The molecule has 1 fully saturated rings. The van der Waals surface area contributed by atoms with Crippen LogP contribution >= 0.6 is 0 Å². The van der Waals surface area contributed by atoms with Crippen LogP contribution in [0, 0.1) is 6.92 Å². The van der Waals surface area contributed by atoms with Crippen LogP contribution in [0.1, 0.15) is 25.0 Å². The molecule has 1 heterocycles. The maximum atomic E-state index is 12.7. The smallest absolute Gasteiger partial charge is 0.261 e. The Labute approximate surface area is 214 Å². The molecule has 7 nitrogen and oxygen atoms in total. The van der Waals surface area contributed by atoms with E-state index in [4.69, 9.17) is 9.47 Å². The fourth-order valence-electron chi connectivity index (χ4n) is 4.74. The van der Waals surface area contributed by atoms with E-state index in [0.29, 0.717) is 17.8 Å². The van der Waals surface area contributed by atoms with Crippen LogP contribution in [0.3, 0.4) is 0 Å². The van der Waals surface area contributed by atoms with E-state index in [-0.39, 0.29) is 4.90 Å². The molecule has 8 heteroatoms. The van der Waals surface area contributed by atoms with Crippen molar-refractivity contribution >= 4 is 21.4 Å². The molecule has 3 aromatic rings. The van der Waals surface area contributed by atoms with Crippen molar-refractivity contribution in [2.45, 2.75) is 44.3 Å². The number of benzene rings is 3. The predicted molar refractivity (Wildman–Crippen MR) is 145 cm³/mol. The number of aryl methyl sites for hydroxylation is 1. The number of ether oxygens (including phenoxy) is 2. The van der Waals surface area contributed by atoms with E-state index in [2.05, 4.69) is 34.4 Å². The zero-order chi connectivity index (χ0) is 25.9. The number of sulfonamides is 1. The van der Waals surface area contributed by atoms with Crippen molar-refractivity contribution in [1.82, 2.24) is 4.90 Å². The van der Waals surface area contributed by atoms with Gasteiger partial charge in [-0.05, 0) is 74.9 Å². The molecular weight excluding hydrogens is 474 g/mol. The summed E-state index contributed by atoms with van der Waals surface area (Å²) >= 11 is 0. The van der Waals surface area contributed by atoms with Crippen LogP contribution in [0.4, 0.5) is 11.4 Å². The topological polar surface area (TPSA) is 71.1 Å². The molecular formula is C28H35N3O4S. The maximum Gasteiger partial charge on any atom is 0.261 e. The molecule has 2 unspecified atom stereocenters. The molecule has 1 N–H and O–H groups in total. The summed E-state index contributed by atoms with van der Waals surface area (Å²) < 4.78 is 38.9. The number of hydrogen-bond donors (Lipinski definition) is 1. The SMILES string of the molecule is COc1ccc(CN2C(C)CN(c3ccc(NS(=O)(=O)c4ccc(C)cc4)cc3)CC2C)cc1OC. The third-order valence-electron chi connectivity index (χ3n) is 6.73. The maximum absolute atomic E-state index is 12.7. The Morgan fingerprint density at radius 3 is 2.06 bits per heavy atom. The Morgan fingerprint density at radius 1 is 0.861 bits per heavy atom. The molecule has 1 saturated heterocycles. The minimum absolute atomic E-state index is 0.255. The zero-order valence-electron chi connectivity index (χ0n) is 21.6. The number of anilines is 2. The Balaban J connectivity index is 1.41. The predicted octanol–water partition coefficient (Wildman–Crippen LogP) is 4.91. The van der Waals surface area contributed by atoms with Crippen molar-refractivity contribution < 1.29 is 17.9 Å². The standard InChI is InChI=1S/C28H35N3O4S/c1-20-6-13-26(14-7-20)36(32,33)29-24-9-11-25(12-10-24)30-17-21(2)31(22(3)18-30)19-23-8-15-27(34-4)28(16-23)35-5/h6-16,21-22,29H,17-19H2,1-5H3. The fraction of sp³-hybridized carbons (Fsp3) is 0.357. The molecule has 0 saturated carbocycles. The highest BCUT2D eigenvalue weighted by Crippen LogP contribution is 2.30. The lowest BCUT2D eigenvalue weighted by atomic mass is 10.0. The van der Waals surface area contributed by atoms with Crippen LogP contribution in [0.2, 0.25) is 0 Å². The van der Waals surface area contributed by atoms with E-state index in [9.17, 15) is 8.42 Å². The van der Waals surface area contributed by atoms with Crippen LogP contribution in [0.25, 0.3) is 0 Å². The number of rotatable bonds is 8. The molecule has 0 aliphatic carbocycles. The van der Waals surface area contributed by atoms with Crippen molar-refractivity contribution in [2.24, 2.45) is 0 Å². The Hall–Kier alpha value is -3.23. The summed E-state index contributed by atoms with van der Waals surface area (Å²) in [7, 11) is -0.317. The van der Waals surface area contributed by atoms with Gasteiger partial charge in [0.05, 0.1) is 19.1 Å². The molecule has 0 bridgehead atoms. The average molecular weight is 510 g/mol. The lowest BCUT2D eigenvalue weighted by Crippen LogP contribution is -2.56. The normalized spacial score (nSPS) is 18.6. The van der Waals surface area contributed by atoms with Gasteiger partial charge in [-0.15, -0.1) is 0 Å². The lowest BCUT2D eigenvalue weighted by Gasteiger charge is -2.45. The first kappa shape index (κ1) is 25.9. The molecule has 36 heavy (non-hydrogen) atoms. The van der Waals surface area contributed by atoms with Gasteiger partial charge in [0.15, 0.2) is 11.5 Å². The first-order chi connectivity index (χ1) is 17.2. The Morgan fingerprint density at radius 2 is 1.47 bits per heavy atom. The van der Waals surface area contributed by atoms with Crippen molar-refractivity contribution in [3.05, 3.63) is 77.9 Å². The molecule has 2 atom stereocenters. The number of piperazine rings is 1. The van der Waals surface area contributed by atoms with Crippen molar-refractivity contribution in [3.8, 4) is 11.5 Å². The van der Waals surface area contributed by atoms with E-state index in [1.54, 1.807) is 38.5 Å². The molecule has 1 aliphatic heterocycles. The van der Waals surface area contributed by atoms with Gasteiger partial charge in [0.1, 0.15) is 0 Å². The van der Waals surface area contributed by atoms with Crippen molar-refractivity contribution in [1.29, 1.82) is 0 Å². The number of methoxy groups -OCH3 is 2. The van der Waals surface area contributed by atoms with Crippen molar-refractivity contribution in [3.63, 3.8) is 0 Å². The summed E-state index contributed by atoms with van der Waals surface area (Å²) in [5, 5.41) is 0. The van der Waals surface area contributed by atoms with Gasteiger partial charge in [-0.2, -0.15) is 0 Å². The molecule has 4 rings (SSSR count). The number of nitrogens with one attached hydrogen (secondary N) is 1. The van der Waals surface area contributed by atoms with E-state index >= 15 is 0 Å². The van der Waals surface area contributed by atoms with Crippen LogP contribution in [-0.2, 0) is 16.6 Å². The second kappa shape index (κ2) is 10.8. The summed E-state index contributed by atoms with van der Waals surface area (Å²) in [5.74, 6) is 1.48. The largest absolute Gasteiger partial charge is 0.493 e. The van der Waals surface area contributed by atoms with Gasteiger partial charge >= 0.3 is 0 Å². The lowest BCUT2D eigenvalue weighted by molar-refractivity contribution is 0.123. The second-order valence-corrected chi connectivity index (χ2v) is 11.1. The average Bonchev–Trinajstić information content (AvgIpc) is 2.86. The Kier molecular flexibility index (Phi) is 7.76. The zero-order valence-corrected chi connectivity index (χ0v) is 22.4. The summed E-state index contributed by atoms with van der Waals surface area (Å²) in [6.07, 6.45) is 0. The van der Waals surface area contributed by atoms with Gasteiger partial charge in [-0.3, -0.25) is 9.62 Å². The third-order valence-corrected chi connectivity index (χ3v) is 8.13. The van der Waals surface area contributed by atoms with E-state index in [0.717, 1.165) is 42.4 Å². The molecule has 0 spiro atoms. The minimum Gasteiger partial charge on any atom is -0.493 e. The quantitative estimate of drug-likeness (QED) is 0.465. The minimum atomic E-state index is -3.62. The highest BCUT2D eigenvalue weighted by Gasteiger charge is 2.30. The summed E-state index contributed by atoms with van der Waals surface area (Å²) in [6.45, 7) is 9.01. The molecule has 0 amide bonds. The fourth-order valence-corrected chi connectivity index (χ4v) is 5.80. The molecule has 0 radical (unpaired) electrons. The summed E-state index contributed by atoms with van der Waals surface area (Å²) in [6, 6.07) is 21.2. The molecule has 0 aromatic heterocycles. The van der Waals surface area contributed by atoms with Gasteiger partial charge in [-0.25, -0.2) is 8.42 Å². The Bertz CT molecular complexity index is 1270. The monoisotopic (exact) mass is 509 g/mol. The van der Waals surface area contributed by atoms with Gasteiger partial charge in [-0.1, -0.05) is 23.8 Å². The first-order valence-electron chi connectivity index (χ1n) is 12.1. The van der Waals surface area contributed by atoms with Crippen molar-refractivity contribution in [2.75, 3.05) is 36.9 Å². The van der Waals surface area contributed by atoms with E-state index in [1.807, 2.05) is 43.3 Å². The third kappa shape index (κ3) is 5.77. The first-order valence-corrected chi connectivity index (χ1v) is 13.6. The number of nitrogens with zero attached hydrogens (tertiary/aromatic N) is 2. The second-order valence-electron chi connectivity index (χ2n) is 9.43. The van der Waals surface area contributed by atoms with Crippen LogP contribution < -0.4 is 19.1 Å². The highest BCUT2D eigenvalue weighted by molar-refractivity contribution is 7.92. The van der Waals surface area contributed by atoms with E-state index < -0.39 is 10.0 Å². The van der Waals surface area contributed by atoms with Gasteiger partial charge < -0.3 is 14.4 Å². The van der Waals surface area contributed by atoms with Crippen LogP contribution in [0.15, 0.2) is 71.6 Å². The van der Waals surface area contributed by atoms with Gasteiger partial charge in [0.2, 0.25) is 0 Å². The van der Waals surface area contributed by atoms with Crippen LogP contribution in [-0.4, -0.2) is 52.7 Å². The molecule has 192 valence electrons. The van der Waals surface area contributed by atoms with Crippen LogP contribution in [0.5, 0.6) is 11.5 Å². The van der Waals surface area contributed by atoms with E-state index in [1.165, 1.54) is 5.56 Å².